The second-order valence-corrected chi connectivity index (χ2v) is 5.21. The molecular formula is C10H14N2O3S. The van der Waals surface area contributed by atoms with Crippen LogP contribution in [-0.4, -0.2) is 22.6 Å². The van der Waals surface area contributed by atoms with Crippen molar-refractivity contribution >= 4 is 28.3 Å². The second kappa shape index (κ2) is 4.52. The molecular weight excluding hydrogens is 228 g/mol. The van der Waals surface area contributed by atoms with Crippen LogP contribution in [0.4, 0.5) is 9.80 Å². The number of nitrogens with one attached hydrogen (secondary N) is 2. The molecule has 0 unspecified atom stereocenters. The number of rotatable bonds is 2. The Balaban J connectivity index is 2.70. The molecule has 1 aromatic heterocycles. The Kier molecular flexibility index (Phi) is 3.54. The first-order valence-electron chi connectivity index (χ1n) is 4.69. The standard InChI is InChI=1S/C10H14N2O3S/c1-10(2,3)12-9(15)11-7-6(8(13)14)4-5-16-7/h4-5H,1-3H3,(H,13,14)(H2,11,12,15). The molecule has 0 aliphatic rings. The molecule has 1 rings (SSSR count). The van der Waals surface area contributed by atoms with E-state index < -0.39 is 12.0 Å². The summed E-state index contributed by atoms with van der Waals surface area (Å²) in [5.41, 5.74) is -0.251. The van der Waals surface area contributed by atoms with Gasteiger partial charge in [-0.2, -0.15) is 0 Å². The van der Waals surface area contributed by atoms with E-state index in [1.807, 2.05) is 20.8 Å². The molecule has 0 saturated heterocycles. The van der Waals surface area contributed by atoms with Crippen LogP contribution in [0.25, 0.3) is 0 Å². The van der Waals surface area contributed by atoms with E-state index in [2.05, 4.69) is 10.6 Å². The zero-order valence-corrected chi connectivity index (χ0v) is 10.1. The summed E-state index contributed by atoms with van der Waals surface area (Å²) in [5.74, 6) is -1.05. The zero-order chi connectivity index (χ0) is 12.3. The lowest BCUT2D eigenvalue weighted by molar-refractivity contribution is 0.0698. The third kappa shape index (κ3) is 3.54. The predicted molar refractivity (Wildman–Crippen MR) is 63.2 cm³/mol. The number of hydrogen-bond acceptors (Lipinski definition) is 3. The number of carboxylic acids is 1. The third-order valence-corrected chi connectivity index (χ3v) is 2.44. The average Bonchev–Trinajstić information content (AvgIpc) is 2.47. The van der Waals surface area contributed by atoms with Crippen LogP contribution in [0.5, 0.6) is 0 Å². The normalized spacial score (nSPS) is 10.9. The first kappa shape index (κ1) is 12.5. The van der Waals surface area contributed by atoms with E-state index in [4.69, 9.17) is 5.11 Å². The average molecular weight is 242 g/mol. The molecule has 1 aromatic rings. The number of carbonyl (C=O) groups excluding carboxylic acids is 1. The van der Waals surface area contributed by atoms with Gasteiger partial charge < -0.3 is 10.4 Å². The van der Waals surface area contributed by atoms with Gasteiger partial charge in [-0.15, -0.1) is 11.3 Å². The van der Waals surface area contributed by atoms with Gasteiger partial charge in [-0.25, -0.2) is 9.59 Å². The maximum absolute atomic E-state index is 11.5. The quantitative estimate of drug-likeness (QED) is 0.745. The lowest BCUT2D eigenvalue weighted by Gasteiger charge is -2.20. The van der Waals surface area contributed by atoms with Crippen LogP contribution in [0.2, 0.25) is 0 Å². The van der Waals surface area contributed by atoms with Crippen LogP contribution < -0.4 is 10.6 Å². The second-order valence-electron chi connectivity index (χ2n) is 4.30. The molecule has 5 nitrogen and oxygen atoms in total. The summed E-state index contributed by atoms with van der Waals surface area (Å²) >= 11 is 1.18. The molecule has 0 atom stereocenters. The molecule has 0 aliphatic carbocycles. The van der Waals surface area contributed by atoms with Crippen molar-refractivity contribution in [2.45, 2.75) is 26.3 Å². The largest absolute Gasteiger partial charge is 0.478 e. The van der Waals surface area contributed by atoms with E-state index in [-0.39, 0.29) is 11.1 Å². The van der Waals surface area contributed by atoms with Crippen LogP contribution >= 0.6 is 11.3 Å². The van der Waals surface area contributed by atoms with Crippen molar-refractivity contribution in [3.63, 3.8) is 0 Å². The number of carboxylic acid groups (broad SMARTS) is 1. The summed E-state index contributed by atoms with van der Waals surface area (Å²) < 4.78 is 0. The van der Waals surface area contributed by atoms with Gasteiger partial charge in [0.25, 0.3) is 0 Å². The molecule has 0 radical (unpaired) electrons. The molecule has 6 heteroatoms. The highest BCUT2D eigenvalue weighted by Crippen LogP contribution is 2.23. The third-order valence-electron chi connectivity index (χ3n) is 1.61. The van der Waals surface area contributed by atoms with Gasteiger partial charge in [0.05, 0.1) is 5.56 Å². The van der Waals surface area contributed by atoms with E-state index in [9.17, 15) is 9.59 Å². The minimum atomic E-state index is -1.05. The summed E-state index contributed by atoms with van der Waals surface area (Å²) in [4.78, 5) is 22.3. The van der Waals surface area contributed by atoms with Gasteiger partial charge in [-0.1, -0.05) is 0 Å². The monoisotopic (exact) mass is 242 g/mol. The summed E-state index contributed by atoms with van der Waals surface area (Å²) in [5, 5.41) is 16.0. The van der Waals surface area contributed by atoms with Gasteiger partial charge in [0.1, 0.15) is 5.00 Å². The summed E-state index contributed by atoms with van der Waals surface area (Å²) in [6.45, 7) is 5.54. The Hall–Kier alpha value is -1.56. The molecule has 0 bridgehead atoms. The number of thiophene rings is 1. The summed E-state index contributed by atoms with van der Waals surface area (Å²) in [6, 6.07) is 1.05. The predicted octanol–water partition coefficient (Wildman–Crippen LogP) is 2.37. The first-order valence-corrected chi connectivity index (χ1v) is 5.57. The minimum absolute atomic E-state index is 0.106. The fourth-order valence-electron chi connectivity index (χ4n) is 1.05. The Morgan fingerprint density at radius 2 is 2.00 bits per heavy atom. The van der Waals surface area contributed by atoms with Crippen molar-refractivity contribution in [1.29, 1.82) is 0 Å². The van der Waals surface area contributed by atoms with E-state index >= 15 is 0 Å². The Morgan fingerprint density at radius 1 is 1.38 bits per heavy atom. The highest BCUT2D eigenvalue weighted by molar-refractivity contribution is 7.14. The van der Waals surface area contributed by atoms with Gasteiger partial charge in [0.15, 0.2) is 0 Å². The van der Waals surface area contributed by atoms with Gasteiger partial charge in [0, 0.05) is 5.54 Å². The van der Waals surface area contributed by atoms with E-state index in [1.54, 1.807) is 5.38 Å². The Labute approximate surface area is 97.5 Å². The molecule has 1 heterocycles. The zero-order valence-electron chi connectivity index (χ0n) is 9.33. The molecule has 0 fully saturated rings. The summed E-state index contributed by atoms with van der Waals surface area (Å²) in [6.07, 6.45) is 0. The smallest absolute Gasteiger partial charge is 0.338 e. The number of anilines is 1. The fraction of sp³-hybridized carbons (Fsp3) is 0.400. The van der Waals surface area contributed by atoms with Crippen LogP contribution in [0.15, 0.2) is 11.4 Å². The lowest BCUT2D eigenvalue weighted by Crippen LogP contribution is -2.43. The van der Waals surface area contributed by atoms with Gasteiger partial charge >= 0.3 is 12.0 Å². The summed E-state index contributed by atoms with van der Waals surface area (Å²) in [7, 11) is 0. The molecule has 0 saturated carbocycles. The highest BCUT2D eigenvalue weighted by Gasteiger charge is 2.17. The Morgan fingerprint density at radius 3 is 2.50 bits per heavy atom. The maximum Gasteiger partial charge on any atom is 0.338 e. The highest BCUT2D eigenvalue weighted by atomic mass is 32.1. The number of aromatic carboxylic acids is 1. The Bertz CT molecular complexity index is 406. The van der Waals surface area contributed by atoms with Crippen LogP contribution in [-0.2, 0) is 0 Å². The number of carbonyl (C=O) groups is 2. The topological polar surface area (TPSA) is 78.4 Å². The molecule has 0 aromatic carbocycles. The molecule has 16 heavy (non-hydrogen) atoms. The van der Waals surface area contributed by atoms with Gasteiger partial charge in [-0.05, 0) is 32.2 Å². The fourth-order valence-corrected chi connectivity index (χ4v) is 1.82. The first-order chi connectivity index (χ1) is 7.29. The van der Waals surface area contributed by atoms with Crippen molar-refractivity contribution in [2.24, 2.45) is 0 Å². The van der Waals surface area contributed by atoms with E-state index in [0.717, 1.165) is 0 Å². The van der Waals surface area contributed by atoms with Crippen LogP contribution in [0.3, 0.4) is 0 Å². The lowest BCUT2D eigenvalue weighted by atomic mass is 10.1. The van der Waals surface area contributed by atoms with E-state index in [0.29, 0.717) is 5.00 Å². The maximum atomic E-state index is 11.5. The van der Waals surface area contributed by atoms with Gasteiger partial charge in [-0.3, -0.25) is 5.32 Å². The number of amides is 2. The molecule has 88 valence electrons. The van der Waals surface area contributed by atoms with Crippen molar-refractivity contribution < 1.29 is 14.7 Å². The molecule has 0 spiro atoms. The molecule has 2 amide bonds. The number of urea groups is 1. The van der Waals surface area contributed by atoms with Crippen molar-refractivity contribution in [1.82, 2.24) is 5.32 Å². The molecule has 0 aliphatic heterocycles. The SMILES string of the molecule is CC(C)(C)NC(=O)Nc1sccc1C(=O)O. The minimum Gasteiger partial charge on any atom is -0.478 e. The van der Waals surface area contributed by atoms with Crippen molar-refractivity contribution in [3.8, 4) is 0 Å². The van der Waals surface area contributed by atoms with Crippen LogP contribution in [0.1, 0.15) is 31.1 Å². The van der Waals surface area contributed by atoms with Crippen molar-refractivity contribution in [2.75, 3.05) is 5.32 Å². The van der Waals surface area contributed by atoms with Gasteiger partial charge in [0.2, 0.25) is 0 Å². The van der Waals surface area contributed by atoms with Crippen LogP contribution in [0, 0.1) is 0 Å². The number of hydrogen-bond donors (Lipinski definition) is 3. The van der Waals surface area contributed by atoms with Crippen molar-refractivity contribution in [3.05, 3.63) is 17.0 Å². The molecule has 3 N–H and O–H groups in total. The van der Waals surface area contributed by atoms with E-state index in [1.165, 1.54) is 17.4 Å².